The Morgan fingerprint density at radius 3 is 2.81 bits per heavy atom. The van der Waals surface area contributed by atoms with Crippen LogP contribution < -0.4 is 5.32 Å². The van der Waals surface area contributed by atoms with Crippen LogP contribution in [0.1, 0.15) is 39.6 Å². The Kier molecular flexibility index (Phi) is 4.75. The fourth-order valence-electron chi connectivity index (χ4n) is 1.99. The van der Waals surface area contributed by atoms with Crippen LogP contribution in [0.15, 0.2) is 0 Å². The van der Waals surface area contributed by atoms with Gasteiger partial charge in [-0.05, 0) is 19.8 Å². The highest BCUT2D eigenvalue weighted by molar-refractivity contribution is 7.13. The molecule has 2 amide bonds. The van der Waals surface area contributed by atoms with E-state index in [-0.39, 0.29) is 23.5 Å². The number of thiazole rings is 1. The van der Waals surface area contributed by atoms with E-state index in [2.05, 4.69) is 10.3 Å². The quantitative estimate of drug-likeness (QED) is 0.832. The van der Waals surface area contributed by atoms with Gasteiger partial charge in [0.25, 0.3) is 0 Å². The van der Waals surface area contributed by atoms with Crippen LogP contribution in [0, 0.1) is 18.3 Å². The fraction of sp³-hybridized carbons (Fsp3) is 0.538. The molecule has 2 rings (SSSR count). The molecule has 0 spiro atoms. The summed E-state index contributed by atoms with van der Waals surface area (Å²) in [5.74, 6) is -1.00. The van der Waals surface area contributed by atoms with Gasteiger partial charge >= 0.3 is 12.0 Å². The predicted octanol–water partition coefficient (Wildman–Crippen LogP) is 1.74. The third-order valence-electron chi connectivity index (χ3n) is 3.14. The molecule has 0 saturated heterocycles. The van der Waals surface area contributed by atoms with Crippen LogP contribution in [0.4, 0.5) is 4.79 Å². The number of hydrogen-bond acceptors (Lipinski definition) is 5. The highest BCUT2D eigenvalue weighted by Gasteiger charge is 2.32. The maximum atomic E-state index is 12.1. The Labute approximate surface area is 126 Å². The predicted molar refractivity (Wildman–Crippen MR) is 76.0 cm³/mol. The number of nitriles is 1. The number of aromatic carboxylic acids is 1. The van der Waals surface area contributed by atoms with Gasteiger partial charge in [-0.1, -0.05) is 0 Å². The zero-order chi connectivity index (χ0) is 15.4. The number of hydrogen-bond donors (Lipinski definition) is 2. The van der Waals surface area contributed by atoms with Crippen molar-refractivity contribution in [1.29, 1.82) is 5.26 Å². The molecular weight excluding hydrogens is 292 g/mol. The van der Waals surface area contributed by atoms with Crippen LogP contribution in [-0.4, -0.2) is 39.6 Å². The Balaban J connectivity index is 1.92. The van der Waals surface area contributed by atoms with Gasteiger partial charge in [0.1, 0.15) is 9.88 Å². The van der Waals surface area contributed by atoms with Crippen molar-refractivity contribution in [3.05, 3.63) is 15.6 Å². The number of nitrogens with one attached hydrogen (secondary N) is 1. The third-order valence-corrected chi connectivity index (χ3v) is 4.28. The summed E-state index contributed by atoms with van der Waals surface area (Å²) in [6.07, 6.45) is 2.25. The van der Waals surface area contributed by atoms with E-state index in [1.807, 2.05) is 6.07 Å². The van der Waals surface area contributed by atoms with Gasteiger partial charge in [-0.15, -0.1) is 11.3 Å². The van der Waals surface area contributed by atoms with Crippen LogP contribution in [0.5, 0.6) is 0 Å². The van der Waals surface area contributed by atoms with E-state index in [0.717, 1.165) is 24.2 Å². The lowest BCUT2D eigenvalue weighted by molar-refractivity contribution is 0.0701. The first kappa shape index (κ1) is 15.3. The van der Waals surface area contributed by atoms with Crippen molar-refractivity contribution in [1.82, 2.24) is 15.2 Å². The van der Waals surface area contributed by atoms with Crippen molar-refractivity contribution < 1.29 is 14.7 Å². The van der Waals surface area contributed by atoms with Crippen molar-refractivity contribution >= 4 is 23.3 Å². The molecule has 0 radical (unpaired) electrons. The molecule has 1 heterocycles. The summed E-state index contributed by atoms with van der Waals surface area (Å²) in [5.41, 5.74) is 0.459. The lowest BCUT2D eigenvalue weighted by atomic mass is 10.4. The lowest BCUT2D eigenvalue weighted by Gasteiger charge is -2.21. The van der Waals surface area contributed by atoms with Crippen molar-refractivity contribution in [2.45, 2.75) is 38.8 Å². The summed E-state index contributed by atoms with van der Waals surface area (Å²) >= 11 is 1.07. The average Bonchev–Trinajstić information content (AvgIpc) is 3.19. The minimum atomic E-state index is -1.00. The Morgan fingerprint density at radius 2 is 2.29 bits per heavy atom. The normalized spacial score (nSPS) is 13.5. The number of amides is 2. The summed E-state index contributed by atoms with van der Waals surface area (Å²) in [6.45, 7) is 2.26. The van der Waals surface area contributed by atoms with Gasteiger partial charge in [0.2, 0.25) is 0 Å². The first-order valence-corrected chi connectivity index (χ1v) is 7.45. The third kappa shape index (κ3) is 3.92. The molecule has 0 aliphatic heterocycles. The Morgan fingerprint density at radius 1 is 1.57 bits per heavy atom. The highest BCUT2D eigenvalue weighted by Crippen LogP contribution is 2.27. The van der Waals surface area contributed by atoms with Crippen molar-refractivity contribution in [3.63, 3.8) is 0 Å². The number of aromatic nitrogens is 1. The highest BCUT2D eigenvalue weighted by atomic mass is 32.1. The number of nitrogens with zero attached hydrogens (tertiary/aromatic N) is 3. The van der Waals surface area contributed by atoms with E-state index in [1.54, 1.807) is 11.8 Å². The van der Waals surface area contributed by atoms with E-state index in [9.17, 15) is 9.59 Å². The molecule has 1 aliphatic carbocycles. The topological polar surface area (TPSA) is 106 Å². The van der Waals surface area contributed by atoms with Crippen LogP contribution >= 0.6 is 11.3 Å². The summed E-state index contributed by atoms with van der Waals surface area (Å²) in [6, 6.07) is 2.04. The molecular formula is C13H16N4O3S. The molecule has 0 aromatic carbocycles. The van der Waals surface area contributed by atoms with Crippen molar-refractivity contribution in [2.75, 3.05) is 6.54 Å². The maximum Gasteiger partial charge on any atom is 0.347 e. The maximum absolute atomic E-state index is 12.1. The van der Waals surface area contributed by atoms with Gasteiger partial charge < -0.3 is 15.3 Å². The first-order valence-electron chi connectivity index (χ1n) is 6.64. The summed E-state index contributed by atoms with van der Waals surface area (Å²) in [4.78, 5) is 29.0. The van der Waals surface area contributed by atoms with Gasteiger partial charge in [0.15, 0.2) is 0 Å². The van der Waals surface area contributed by atoms with Crippen LogP contribution in [0.25, 0.3) is 0 Å². The molecule has 1 saturated carbocycles. The molecule has 7 nitrogen and oxygen atoms in total. The number of urea groups is 1. The average molecular weight is 308 g/mol. The van der Waals surface area contributed by atoms with Gasteiger partial charge in [0, 0.05) is 12.6 Å². The molecule has 112 valence electrons. The summed E-state index contributed by atoms with van der Waals surface area (Å²) < 4.78 is 0. The Hall–Kier alpha value is -2.14. The van der Waals surface area contributed by atoms with Crippen LogP contribution in [0.3, 0.4) is 0 Å². The second-order valence-electron chi connectivity index (χ2n) is 4.82. The molecule has 1 aromatic heterocycles. The molecule has 21 heavy (non-hydrogen) atoms. The van der Waals surface area contributed by atoms with E-state index in [1.165, 1.54) is 0 Å². The van der Waals surface area contributed by atoms with E-state index in [0.29, 0.717) is 23.7 Å². The van der Waals surface area contributed by atoms with Crippen molar-refractivity contribution in [3.8, 4) is 6.07 Å². The van der Waals surface area contributed by atoms with Crippen LogP contribution in [-0.2, 0) is 6.54 Å². The van der Waals surface area contributed by atoms with E-state index < -0.39 is 5.97 Å². The van der Waals surface area contributed by atoms with Gasteiger partial charge in [-0.3, -0.25) is 0 Å². The zero-order valence-electron chi connectivity index (χ0n) is 11.6. The minimum absolute atomic E-state index is 0.197. The number of rotatable bonds is 6. The van der Waals surface area contributed by atoms with Gasteiger partial charge in [0.05, 0.1) is 24.7 Å². The number of carbonyl (C=O) groups is 2. The number of carboxylic acids is 1. The van der Waals surface area contributed by atoms with E-state index in [4.69, 9.17) is 10.4 Å². The minimum Gasteiger partial charge on any atom is -0.477 e. The number of aryl methyl sites for hydroxylation is 1. The summed E-state index contributed by atoms with van der Waals surface area (Å²) in [5, 5.41) is 20.9. The lowest BCUT2D eigenvalue weighted by Crippen LogP contribution is -2.41. The first-order chi connectivity index (χ1) is 10.0. The SMILES string of the molecule is Cc1nc(CNC(=O)N(CCC#N)C2CC2)sc1C(=O)O. The zero-order valence-corrected chi connectivity index (χ0v) is 12.4. The molecule has 1 fully saturated rings. The van der Waals surface area contributed by atoms with E-state index >= 15 is 0 Å². The number of carboxylic acid groups (broad SMARTS) is 1. The monoisotopic (exact) mass is 308 g/mol. The molecule has 1 aliphatic rings. The number of carbonyl (C=O) groups excluding carboxylic acids is 1. The second-order valence-corrected chi connectivity index (χ2v) is 5.90. The molecule has 0 unspecified atom stereocenters. The van der Waals surface area contributed by atoms with Crippen molar-refractivity contribution in [2.24, 2.45) is 0 Å². The fourth-order valence-corrected chi connectivity index (χ4v) is 2.83. The summed E-state index contributed by atoms with van der Waals surface area (Å²) in [7, 11) is 0. The largest absolute Gasteiger partial charge is 0.477 e. The smallest absolute Gasteiger partial charge is 0.347 e. The molecule has 2 N–H and O–H groups in total. The van der Waals surface area contributed by atoms with Gasteiger partial charge in [-0.25, -0.2) is 14.6 Å². The molecule has 8 heteroatoms. The van der Waals surface area contributed by atoms with Gasteiger partial charge in [-0.2, -0.15) is 5.26 Å². The molecule has 0 atom stereocenters. The Bertz CT molecular complexity index is 589. The second kappa shape index (κ2) is 6.54. The standard InChI is InChI=1S/C13H16N4O3S/c1-8-11(12(18)19)21-10(16-8)7-15-13(20)17(6-2-5-14)9-3-4-9/h9H,2-4,6-7H2,1H3,(H,15,20)(H,18,19). The molecule has 0 bridgehead atoms. The molecule has 1 aromatic rings. The van der Waals surface area contributed by atoms with Crippen LogP contribution in [0.2, 0.25) is 0 Å².